The molecule has 142 valence electrons. The summed E-state index contributed by atoms with van der Waals surface area (Å²) in [4.78, 5) is 11.1. The van der Waals surface area contributed by atoms with E-state index >= 15 is 0 Å². The van der Waals surface area contributed by atoms with Gasteiger partial charge < -0.3 is 19.7 Å². The third-order valence-corrected chi connectivity index (χ3v) is 6.87. The molecule has 3 fully saturated rings. The second kappa shape index (κ2) is 5.54. The molecule has 4 rings (SSSR count). The molecule has 0 aromatic heterocycles. The van der Waals surface area contributed by atoms with Gasteiger partial charge >= 0.3 is 5.97 Å². The number of fused-ring (bicyclic) bond motifs is 2. The van der Waals surface area contributed by atoms with Gasteiger partial charge in [0.05, 0.1) is 12.2 Å². The lowest BCUT2D eigenvalue weighted by molar-refractivity contribution is -0.171. The number of carboxylic acid groups (broad SMARTS) is 1. The van der Waals surface area contributed by atoms with Crippen molar-refractivity contribution in [3.8, 4) is 0 Å². The summed E-state index contributed by atoms with van der Waals surface area (Å²) in [6, 6.07) is 0. The maximum absolute atomic E-state index is 11.5. The number of allylic oxidation sites excluding steroid dienone is 2. The van der Waals surface area contributed by atoms with Crippen LogP contribution in [0.1, 0.15) is 47.0 Å². The van der Waals surface area contributed by atoms with Gasteiger partial charge in [-0.05, 0) is 69.2 Å². The first-order valence-corrected chi connectivity index (χ1v) is 9.53. The maximum Gasteiger partial charge on any atom is 0.328 e. The molecule has 1 aliphatic heterocycles. The number of ether oxygens (including phenoxy) is 2. The average molecular weight is 360 g/mol. The third kappa shape index (κ3) is 2.52. The van der Waals surface area contributed by atoms with E-state index in [-0.39, 0.29) is 23.5 Å². The summed E-state index contributed by atoms with van der Waals surface area (Å²) in [6.45, 7) is 8.01. The minimum atomic E-state index is -1.11. The fourth-order valence-electron chi connectivity index (χ4n) is 4.77. The molecule has 0 bridgehead atoms. The Hall–Kier alpha value is -1.43. The van der Waals surface area contributed by atoms with E-state index in [4.69, 9.17) is 14.6 Å². The normalized spacial score (nSPS) is 48.0. The zero-order valence-corrected chi connectivity index (χ0v) is 15.9. The van der Waals surface area contributed by atoms with Crippen LogP contribution in [0.25, 0.3) is 0 Å². The van der Waals surface area contributed by atoms with E-state index in [9.17, 15) is 9.90 Å². The summed E-state index contributed by atoms with van der Waals surface area (Å²) >= 11 is 0. The Bertz CT molecular complexity index is 721. The van der Waals surface area contributed by atoms with E-state index in [2.05, 4.69) is 6.92 Å². The highest BCUT2D eigenvalue weighted by atomic mass is 16.8. The average Bonchev–Trinajstić information content (AvgIpc) is 3.44. The summed E-state index contributed by atoms with van der Waals surface area (Å²) in [6.07, 6.45) is 9.67. The zero-order chi connectivity index (χ0) is 18.9. The van der Waals surface area contributed by atoms with Gasteiger partial charge in [0.25, 0.3) is 0 Å². The van der Waals surface area contributed by atoms with E-state index in [1.54, 1.807) is 6.08 Å². The molecular formula is C21H28O5. The minimum Gasteiger partial charge on any atom is -0.478 e. The Balaban J connectivity index is 1.67. The predicted octanol–water partition coefficient (Wildman–Crippen LogP) is 3.20. The van der Waals surface area contributed by atoms with Crippen LogP contribution in [0.2, 0.25) is 0 Å². The Morgan fingerprint density at radius 3 is 2.42 bits per heavy atom. The molecule has 4 aliphatic rings. The van der Waals surface area contributed by atoms with E-state index in [0.717, 1.165) is 30.4 Å². The van der Waals surface area contributed by atoms with Gasteiger partial charge in [0, 0.05) is 17.4 Å². The van der Waals surface area contributed by atoms with Gasteiger partial charge in [-0.1, -0.05) is 13.0 Å². The fourth-order valence-corrected chi connectivity index (χ4v) is 4.77. The SMILES string of the molecule is CC1=CC2(OC(C)C(C)O2)C2CC2(C)C1(O)C=CC(=CC(=O)O)C1CC1. The lowest BCUT2D eigenvalue weighted by atomic mass is 9.72. The maximum atomic E-state index is 11.5. The van der Waals surface area contributed by atoms with Crippen LogP contribution < -0.4 is 0 Å². The molecule has 1 saturated heterocycles. The Labute approximate surface area is 154 Å². The number of aliphatic hydroxyl groups is 1. The van der Waals surface area contributed by atoms with Crippen molar-refractivity contribution < 1.29 is 24.5 Å². The first-order valence-electron chi connectivity index (χ1n) is 9.53. The first kappa shape index (κ1) is 18.0. The number of hydrogen-bond acceptors (Lipinski definition) is 4. The first-order chi connectivity index (χ1) is 12.1. The van der Waals surface area contributed by atoms with Crippen molar-refractivity contribution in [3.63, 3.8) is 0 Å². The standard InChI is InChI=1S/C21H28O5/c1-12-10-21(25-13(2)14(3)26-21)17-11-19(17,4)20(12,24)8-7-16(9-18(22)23)15-5-6-15/h7-10,13-15,17,24H,5-6,11H2,1-4H3,(H,22,23). The molecule has 1 spiro atoms. The van der Waals surface area contributed by atoms with Gasteiger partial charge in [-0.15, -0.1) is 0 Å². The minimum absolute atomic E-state index is 0.0191. The van der Waals surface area contributed by atoms with Crippen LogP contribution in [0.3, 0.4) is 0 Å². The molecule has 2 saturated carbocycles. The molecule has 5 heteroatoms. The molecule has 26 heavy (non-hydrogen) atoms. The molecule has 5 atom stereocenters. The molecule has 3 aliphatic carbocycles. The summed E-state index contributed by atoms with van der Waals surface area (Å²) in [5.74, 6) is -1.29. The van der Waals surface area contributed by atoms with Crippen LogP contribution in [-0.4, -0.2) is 39.8 Å². The van der Waals surface area contributed by atoms with Gasteiger partial charge in [-0.25, -0.2) is 4.79 Å². The van der Waals surface area contributed by atoms with Gasteiger partial charge in [-0.2, -0.15) is 0 Å². The molecule has 0 radical (unpaired) electrons. The van der Waals surface area contributed by atoms with Crippen LogP contribution in [-0.2, 0) is 14.3 Å². The fraction of sp³-hybridized carbons (Fsp3) is 0.667. The van der Waals surface area contributed by atoms with Crippen LogP contribution in [0, 0.1) is 17.3 Å². The molecule has 2 N–H and O–H groups in total. The van der Waals surface area contributed by atoms with Gasteiger partial charge in [-0.3, -0.25) is 0 Å². The van der Waals surface area contributed by atoms with E-state index < -0.39 is 17.4 Å². The van der Waals surface area contributed by atoms with Gasteiger partial charge in [0.15, 0.2) is 5.79 Å². The lowest BCUT2D eigenvalue weighted by Gasteiger charge is -2.42. The molecule has 0 aromatic carbocycles. The molecular weight excluding hydrogens is 332 g/mol. The van der Waals surface area contributed by atoms with Crippen molar-refractivity contribution in [3.05, 3.63) is 35.5 Å². The quantitative estimate of drug-likeness (QED) is 0.457. The van der Waals surface area contributed by atoms with E-state index in [1.165, 1.54) is 6.08 Å². The third-order valence-electron chi connectivity index (χ3n) is 6.87. The number of rotatable bonds is 4. The van der Waals surface area contributed by atoms with Crippen molar-refractivity contribution in [2.45, 2.75) is 70.6 Å². The summed E-state index contributed by atoms with van der Waals surface area (Å²) in [5.41, 5.74) is 0.105. The van der Waals surface area contributed by atoms with Gasteiger partial charge in [0.2, 0.25) is 0 Å². The highest BCUT2D eigenvalue weighted by Gasteiger charge is 2.74. The highest BCUT2D eigenvalue weighted by molar-refractivity contribution is 5.81. The molecule has 5 nitrogen and oxygen atoms in total. The number of carbonyl (C=O) groups is 1. The molecule has 1 heterocycles. The van der Waals surface area contributed by atoms with Crippen molar-refractivity contribution >= 4 is 5.97 Å². The Morgan fingerprint density at radius 2 is 1.88 bits per heavy atom. The smallest absolute Gasteiger partial charge is 0.328 e. The topological polar surface area (TPSA) is 76.0 Å². The number of carboxylic acids is 1. The predicted molar refractivity (Wildman–Crippen MR) is 96.3 cm³/mol. The van der Waals surface area contributed by atoms with Crippen molar-refractivity contribution in [1.29, 1.82) is 0 Å². The van der Waals surface area contributed by atoms with Crippen molar-refractivity contribution in [2.24, 2.45) is 17.3 Å². The summed E-state index contributed by atoms with van der Waals surface area (Å²) < 4.78 is 12.4. The summed E-state index contributed by atoms with van der Waals surface area (Å²) in [7, 11) is 0. The molecule has 5 unspecified atom stereocenters. The zero-order valence-electron chi connectivity index (χ0n) is 15.9. The number of hydrogen-bond donors (Lipinski definition) is 2. The van der Waals surface area contributed by atoms with Gasteiger partial charge in [0.1, 0.15) is 5.60 Å². The molecule has 0 amide bonds. The van der Waals surface area contributed by atoms with E-state index in [0.29, 0.717) is 5.92 Å². The van der Waals surface area contributed by atoms with Crippen LogP contribution in [0.15, 0.2) is 35.5 Å². The monoisotopic (exact) mass is 360 g/mol. The van der Waals surface area contributed by atoms with Crippen molar-refractivity contribution in [2.75, 3.05) is 0 Å². The van der Waals surface area contributed by atoms with Crippen LogP contribution >= 0.6 is 0 Å². The highest BCUT2D eigenvalue weighted by Crippen LogP contribution is 2.70. The summed E-state index contributed by atoms with van der Waals surface area (Å²) in [5, 5.41) is 20.6. The van der Waals surface area contributed by atoms with E-state index in [1.807, 2.05) is 32.9 Å². The van der Waals surface area contributed by atoms with Crippen molar-refractivity contribution in [1.82, 2.24) is 0 Å². The van der Waals surface area contributed by atoms with Crippen LogP contribution in [0.4, 0.5) is 0 Å². The van der Waals surface area contributed by atoms with Crippen LogP contribution in [0.5, 0.6) is 0 Å². The largest absolute Gasteiger partial charge is 0.478 e. The lowest BCUT2D eigenvalue weighted by Crippen LogP contribution is -2.48. The molecule has 0 aromatic rings. The second-order valence-corrected chi connectivity index (χ2v) is 8.73. The Morgan fingerprint density at radius 1 is 1.27 bits per heavy atom. The second-order valence-electron chi connectivity index (χ2n) is 8.73. The Kier molecular flexibility index (Phi) is 3.82. The number of aliphatic carboxylic acids is 1.